The largest absolute Gasteiger partial charge is 0.497 e. The summed E-state index contributed by atoms with van der Waals surface area (Å²) in [5, 5.41) is 13.2. The molecule has 8 heteroatoms. The smallest absolute Gasteiger partial charge is 0.323 e. The first-order valence-electron chi connectivity index (χ1n) is 8.58. The number of nitrogens with one attached hydrogen (secondary N) is 1. The fourth-order valence-corrected chi connectivity index (χ4v) is 3.01. The predicted octanol–water partition coefficient (Wildman–Crippen LogP) is 0.873. The zero-order valence-corrected chi connectivity index (χ0v) is 14.7. The van der Waals surface area contributed by atoms with Crippen molar-refractivity contribution in [3.63, 3.8) is 0 Å². The predicted molar refractivity (Wildman–Crippen MR) is 95.6 cm³/mol. The van der Waals surface area contributed by atoms with Gasteiger partial charge in [-0.05, 0) is 18.2 Å². The SMILES string of the molecule is COc1ccc2cc(C(=O)N(CCN3CCNCC3)CC(=O)O)oc2c1. The van der Waals surface area contributed by atoms with Gasteiger partial charge < -0.3 is 24.5 Å². The number of hydrogen-bond acceptors (Lipinski definition) is 6. The van der Waals surface area contributed by atoms with E-state index in [1.807, 2.05) is 0 Å². The summed E-state index contributed by atoms with van der Waals surface area (Å²) in [6.07, 6.45) is 0. The second kappa shape index (κ2) is 8.20. The molecule has 0 radical (unpaired) electrons. The molecule has 1 aromatic heterocycles. The second-order valence-corrected chi connectivity index (χ2v) is 6.23. The van der Waals surface area contributed by atoms with E-state index in [0.29, 0.717) is 24.4 Å². The molecule has 1 aliphatic heterocycles. The maximum Gasteiger partial charge on any atom is 0.323 e. The van der Waals surface area contributed by atoms with E-state index in [4.69, 9.17) is 14.3 Å². The molecule has 0 saturated carbocycles. The number of nitrogens with zero attached hydrogens (tertiary/aromatic N) is 2. The normalized spacial score (nSPS) is 15.1. The zero-order chi connectivity index (χ0) is 18.5. The first-order chi connectivity index (χ1) is 12.6. The average Bonchev–Trinajstić information content (AvgIpc) is 3.08. The van der Waals surface area contributed by atoms with Gasteiger partial charge in [-0.2, -0.15) is 0 Å². The van der Waals surface area contributed by atoms with E-state index in [1.165, 1.54) is 4.90 Å². The van der Waals surface area contributed by atoms with Crippen LogP contribution in [0.3, 0.4) is 0 Å². The number of carboxylic acid groups (broad SMARTS) is 1. The van der Waals surface area contributed by atoms with E-state index in [-0.39, 0.29) is 12.3 Å². The van der Waals surface area contributed by atoms with Crippen LogP contribution < -0.4 is 10.1 Å². The maximum absolute atomic E-state index is 12.8. The lowest BCUT2D eigenvalue weighted by atomic mass is 10.2. The van der Waals surface area contributed by atoms with Crippen LogP contribution in [0.15, 0.2) is 28.7 Å². The molecule has 1 fully saturated rings. The summed E-state index contributed by atoms with van der Waals surface area (Å²) < 4.78 is 10.8. The standard InChI is InChI=1S/C18H23N3O5/c1-25-14-3-2-13-10-16(26-15(13)11-14)18(24)21(12-17(22)23)9-8-20-6-4-19-5-7-20/h2-3,10-11,19H,4-9,12H2,1H3,(H,22,23). The number of hydrogen-bond donors (Lipinski definition) is 2. The molecule has 1 aromatic carbocycles. The molecular weight excluding hydrogens is 338 g/mol. The summed E-state index contributed by atoms with van der Waals surface area (Å²) in [5.41, 5.74) is 0.532. The monoisotopic (exact) mass is 361 g/mol. The van der Waals surface area contributed by atoms with Gasteiger partial charge in [-0.1, -0.05) is 0 Å². The van der Waals surface area contributed by atoms with Crippen molar-refractivity contribution in [2.45, 2.75) is 0 Å². The number of amides is 1. The Kier molecular flexibility index (Phi) is 5.75. The summed E-state index contributed by atoms with van der Waals surface area (Å²) in [5.74, 6) is -0.698. The summed E-state index contributed by atoms with van der Waals surface area (Å²) in [4.78, 5) is 27.5. The Balaban J connectivity index is 1.74. The number of carbonyl (C=O) groups is 2. The molecule has 1 amide bonds. The lowest BCUT2D eigenvalue weighted by Gasteiger charge is -2.29. The van der Waals surface area contributed by atoms with Gasteiger partial charge in [0.05, 0.1) is 7.11 Å². The molecule has 140 valence electrons. The highest BCUT2D eigenvalue weighted by Crippen LogP contribution is 2.25. The topological polar surface area (TPSA) is 95.2 Å². The number of carbonyl (C=O) groups excluding carboxylic acids is 1. The van der Waals surface area contributed by atoms with Crippen molar-refractivity contribution in [2.24, 2.45) is 0 Å². The fourth-order valence-electron chi connectivity index (χ4n) is 3.01. The number of furan rings is 1. The van der Waals surface area contributed by atoms with Gasteiger partial charge in [0, 0.05) is 50.7 Å². The van der Waals surface area contributed by atoms with Crippen LogP contribution in [0.25, 0.3) is 11.0 Å². The van der Waals surface area contributed by atoms with E-state index >= 15 is 0 Å². The maximum atomic E-state index is 12.8. The third-order valence-electron chi connectivity index (χ3n) is 4.45. The highest BCUT2D eigenvalue weighted by Gasteiger charge is 2.23. The number of carboxylic acids is 1. The van der Waals surface area contributed by atoms with E-state index in [1.54, 1.807) is 31.4 Å². The lowest BCUT2D eigenvalue weighted by molar-refractivity contribution is -0.137. The number of piperazine rings is 1. The number of ether oxygens (including phenoxy) is 1. The van der Waals surface area contributed by atoms with Crippen LogP contribution in [-0.4, -0.2) is 79.7 Å². The molecule has 3 rings (SSSR count). The van der Waals surface area contributed by atoms with Crippen molar-refractivity contribution >= 4 is 22.8 Å². The number of aliphatic carboxylic acids is 1. The lowest BCUT2D eigenvalue weighted by Crippen LogP contribution is -2.47. The minimum Gasteiger partial charge on any atom is -0.497 e. The minimum atomic E-state index is -1.04. The van der Waals surface area contributed by atoms with Crippen LogP contribution in [0, 0.1) is 0 Å². The van der Waals surface area contributed by atoms with Gasteiger partial charge in [0.2, 0.25) is 0 Å². The Morgan fingerprint density at radius 3 is 2.77 bits per heavy atom. The highest BCUT2D eigenvalue weighted by molar-refractivity contribution is 5.97. The molecule has 0 aliphatic carbocycles. The molecule has 1 saturated heterocycles. The quantitative estimate of drug-likeness (QED) is 0.756. The van der Waals surface area contributed by atoms with Crippen molar-refractivity contribution in [1.82, 2.24) is 15.1 Å². The molecule has 26 heavy (non-hydrogen) atoms. The Bertz CT molecular complexity index is 782. The van der Waals surface area contributed by atoms with Crippen LogP contribution in [0.5, 0.6) is 5.75 Å². The molecule has 0 spiro atoms. The average molecular weight is 361 g/mol. The van der Waals surface area contributed by atoms with Gasteiger partial charge in [-0.15, -0.1) is 0 Å². The molecule has 8 nitrogen and oxygen atoms in total. The van der Waals surface area contributed by atoms with Crippen molar-refractivity contribution in [2.75, 3.05) is 52.9 Å². The van der Waals surface area contributed by atoms with Crippen LogP contribution >= 0.6 is 0 Å². The third kappa shape index (κ3) is 4.33. The molecule has 2 heterocycles. The molecule has 0 unspecified atom stereocenters. The van der Waals surface area contributed by atoms with Crippen molar-refractivity contribution in [1.29, 1.82) is 0 Å². The van der Waals surface area contributed by atoms with Gasteiger partial charge in [0.25, 0.3) is 5.91 Å². The molecule has 2 N–H and O–H groups in total. The third-order valence-corrected chi connectivity index (χ3v) is 4.45. The van der Waals surface area contributed by atoms with Crippen LogP contribution in [-0.2, 0) is 4.79 Å². The van der Waals surface area contributed by atoms with Gasteiger partial charge in [0.15, 0.2) is 5.76 Å². The number of rotatable bonds is 7. The van der Waals surface area contributed by atoms with E-state index in [0.717, 1.165) is 31.6 Å². The van der Waals surface area contributed by atoms with Gasteiger partial charge >= 0.3 is 5.97 Å². The first kappa shape index (κ1) is 18.2. The van der Waals surface area contributed by atoms with E-state index in [9.17, 15) is 9.59 Å². The molecule has 1 aliphatic rings. The van der Waals surface area contributed by atoms with E-state index < -0.39 is 11.9 Å². The first-order valence-corrected chi connectivity index (χ1v) is 8.58. The van der Waals surface area contributed by atoms with E-state index in [2.05, 4.69) is 10.2 Å². The summed E-state index contributed by atoms with van der Waals surface area (Å²) in [6.45, 7) is 4.20. The fraction of sp³-hybridized carbons (Fsp3) is 0.444. The Hall–Kier alpha value is -2.58. The number of methoxy groups -OCH3 is 1. The minimum absolute atomic E-state index is 0.134. The summed E-state index contributed by atoms with van der Waals surface area (Å²) in [6, 6.07) is 6.92. The zero-order valence-electron chi connectivity index (χ0n) is 14.7. The second-order valence-electron chi connectivity index (χ2n) is 6.23. The molecule has 2 aromatic rings. The molecular formula is C18H23N3O5. The number of fused-ring (bicyclic) bond motifs is 1. The summed E-state index contributed by atoms with van der Waals surface area (Å²) in [7, 11) is 1.56. The molecule has 0 bridgehead atoms. The van der Waals surface area contributed by atoms with Crippen LogP contribution in [0.2, 0.25) is 0 Å². The highest BCUT2D eigenvalue weighted by atomic mass is 16.5. The van der Waals surface area contributed by atoms with Crippen molar-refractivity contribution in [3.05, 3.63) is 30.0 Å². The van der Waals surface area contributed by atoms with Gasteiger partial charge in [-0.25, -0.2) is 0 Å². The van der Waals surface area contributed by atoms with Crippen LogP contribution in [0.1, 0.15) is 10.6 Å². The van der Waals surface area contributed by atoms with Gasteiger partial charge in [-0.3, -0.25) is 14.5 Å². The van der Waals surface area contributed by atoms with Crippen LogP contribution in [0.4, 0.5) is 0 Å². The van der Waals surface area contributed by atoms with Crippen molar-refractivity contribution in [3.8, 4) is 5.75 Å². The van der Waals surface area contributed by atoms with Crippen molar-refractivity contribution < 1.29 is 23.8 Å². The van der Waals surface area contributed by atoms with Gasteiger partial charge in [0.1, 0.15) is 17.9 Å². The Labute approximate surface area is 151 Å². The Morgan fingerprint density at radius 1 is 1.31 bits per heavy atom. The number of benzene rings is 1. The summed E-state index contributed by atoms with van der Waals surface area (Å²) >= 11 is 0. The Morgan fingerprint density at radius 2 is 2.08 bits per heavy atom. The molecule has 0 atom stereocenters.